The molecule has 1 aliphatic carbocycles. The van der Waals surface area contributed by atoms with E-state index < -0.39 is 0 Å². The SMILES string of the molecule is Cc1cc(C(=O)NC2(Cc3ccc(Br)cc3)CCCCC2)on1. The summed E-state index contributed by atoms with van der Waals surface area (Å²) in [5.74, 6) is 0.132. The molecule has 1 aromatic heterocycles. The van der Waals surface area contributed by atoms with Gasteiger partial charge in [0.15, 0.2) is 0 Å². The number of hydrogen-bond acceptors (Lipinski definition) is 3. The summed E-state index contributed by atoms with van der Waals surface area (Å²) in [5.41, 5.74) is 1.77. The lowest BCUT2D eigenvalue weighted by Gasteiger charge is -2.38. The minimum Gasteiger partial charge on any atom is -0.351 e. The Balaban J connectivity index is 1.78. The Kier molecular flexibility index (Phi) is 4.85. The highest BCUT2D eigenvalue weighted by atomic mass is 79.9. The Labute approximate surface area is 144 Å². The minimum atomic E-state index is -0.191. The molecule has 1 amide bonds. The van der Waals surface area contributed by atoms with E-state index in [1.807, 2.05) is 19.1 Å². The average Bonchev–Trinajstić information content (AvgIpc) is 2.97. The van der Waals surface area contributed by atoms with Gasteiger partial charge in [0.1, 0.15) is 0 Å². The van der Waals surface area contributed by atoms with Crippen LogP contribution in [0.3, 0.4) is 0 Å². The van der Waals surface area contributed by atoms with Gasteiger partial charge in [-0.25, -0.2) is 0 Å². The summed E-state index contributed by atoms with van der Waals surface area (Å²) in [6, 6.07) is 10.0. The third-order valence-corrected chi connectivity index (χ3v) is 5.03. The molecule has 23 heavy (non-hydrogen) atoms. The second-order valence-electron chi connectivity index (χ2n) is 6.43. The zero-order valence-corrected chi connectivity index (χ0v) is 14.9. The van der Waals surface area contributed by atoms with Crippen LogP contribution >= 0.6 is 15.9 Å². The summed E-state index contributed by atoms with van der Waals surface area (Å²) in [5, 5.41) is 7.05. The highest BCUT2D eigenvalue weighted by molar-refractivity contribution is 9.10. The molecule has 1 fully saturated rings. The minimum absolute atomic E-state index is 0.162. The summed E-state index contributed by atoms with van der Waals surface area (Å²) >= 11 is 3.47. The lowest BCUT2D eigenvalue weighted by atomic mass is 9.77. The highest BCUT2D eigenvalue weighted by Crippen LogP contribution is 2.32. The number of halogens is 1. The zero-order chi connectivity index (χ0) is 16.3. The molecule has 5 heteroatoms. The number of hydrogen-bond donors (Lipinski definition) is 1. The summed E-state index contributed by atoms with van der Waals surface area (Å²) in [6.07, 6.45) is 6.38. The van der Waals surface area contributed by atoms with Crippen LogP contribution in [-0.2, 0) is 6.42 Å². The monoisotopic (exact) mass is 376 g/mol. The van der Waals surface area contributed by atoms with Crippen molar-refractivity contribution in [1.82, 2.24) is 10.5 Å². The Hall–Kier alpha value is -1.62. The summed E-state index contributed by atoms with van der Waals surface area (Å²) in [6.45, 7) is 1.82. The molecule has 0 spiro atoms. The number of nitrogens with one attached hydrogen (secondary N) is 1. The molecule has 122 valence electrons. The van der Waals surface area contributed by atoms with Crippen LogP contribution in [0.25, 0.3) is 0 Å². The summed E-state index contributed by atoms with van der Waals surface area (Å²) < 4.78 is 6.18. The topological polar surface area (TPSA) is 55.1 Å². The van der Waals surface area contributed by atoms with Crippen molar-refractivity contribution in [3.05, 3.63) is 51.8 Å². The summed E-state index contributed by atoms with van der Waals surface area (Å²) in [7, 11) is 0. The van der Waals surface area contributed by atoms with Gasteiger partial charge in [-0.3, -0.25) is 4.79 Å². The lowest BCUT2D eigenvalue weighted by Crippen LogP contribution is -2.51. The van der Waals surface area contributed by atoms with Crippen LogP contribution < -0.4 is 5.32 Å². The third-order valence-electron chi connectivity index (χ3n) is 4.50. The van der Waals surface area contributed by atoms with E-state index in [1.165, 1.54) is 12.0 Å². The third kappa shape index (κ3) is 4.02. The maximum atomic E-state index is 12.5. The van der Waals surface area contributed by atoms with Crippen molar-refractivity contribution in [2.45, 2.75) is 51.0 Å². The number of aromatic nitrogens is 1. The van der Waals surface area contributed by atoms with E-state index in [9.17, 15) is 4.79 Å². The van der Waals surface area contributed by atoms with Crippen molar-refractivity contribution in [2.24, 2.45) is 0 Å². The highest BCUT2D eigenvalue weighted by Gasteiger charge is 2.34. The molecule has 0 bridgehead atoms. The van der Waals surface area contributed by atoms with E-state index in [0.717, 1.165) is 42.3 Å². The van der Waals surface area contributed by atoms with Gasteiger partial charge in [0, 0.05) is 16.1 Å². The van der Waals surface area contributed by atoms with Crippen molar-refractivity contribution in [1.29, 1.82) is 0 Å². The van der Waals surface area contributed by atoms with E-state index in [0.29, 0.717) is 5.76 Å². The number of carbonyl (C=O) groups is 1. The Morgan fingerprint density at radius 2 is 1.96 bits per heavy atom. The largest absolute Gasteiger partial charge is 0.351 e. The Bertz CT molecular complexity index is 673. The van der Waals surface area contributed by atoms with Gasteiger partial charge in [-0.2, -0.15) is 0 Å². The zero-order valence-electron chi connectivity index (χ0n) is 13.3. The van der Waals surface area contributed by atoms with Gasteiger partial charge in [0.25, 0.3) is 5.91 Å². The van der Waals surface area contributed by atoms with Crippen LogP contribution in [0, 0.1) is 6.92 Å². The normalized spacial score (nSPS) is 17.0. The second-order valence-corrected chi connectivity index (χ2v) is 7.35. The summed E-state index contributed by atoms with van der Waals surface area (Å²) in [4.78, 5) is 12.5. The van der Waals surface area contributed by atoms with Crippen LogP contribution in [0.2, 0.25) is 0 Å². The molecular weight excluding hydrogens is 356 g/mol. The van der Waals surface area contributed by atoms with Crippen molar-refractivity contribution in [3.63, 3.8) is 0 Å². The number of nitrogens with zero attached hydrogens (tertiary/aromatic N) is 1. The average molecular weight is 377 g/mol. The van der Waals surface area contributed by atoms with Crippen LogP contribution in [0.4, 0.5) is 0 Å². The van der Waals surface area contributed by atoms with Gasteiger partial charge in [0.2, 0.25) is 5.76 Å². The van der Waals surface area contributed by atoms with E-state index in [4.69, 9.17) is 4.52 Å². The molecular formula is C18H21BrN2O2. The van der Waals surface area contributed by atoms with Crippen LogP contribution in [0.15, 0.2) is 39.3 Å². The molecule has 1 aromatic carbocycles. The second kappa shape index (κ2) is 6.87. The van der Waals surface area contributed by atoms with Crippen LogP contribution in [0.1, 0.15) is 53.9 Å². The number of amides is 1. The predicted molar refractivity (Wildman–Crippen MR) is 92.4 cm³/mol. The maximum Gasteiger partial charge on any atom is 0.290 e. The fourth-order valence-electron chi connectivity index (χ4n) is 3.34. The molecule has 0 unspecified atom stereocenters. The van der Waals surface area contributed by atoms with Crippen molar-refractivity contribution < 1.29 is 9.32 Å². The predicted octanol–water partition coefficient (Wildman–Crippen LogP) is 4.42. The van der Waals surface area contributed by atoms with Crippen LogP contribution in [0.5, 0.6) is 0 Å². The van der Waals surface area contributed by atoms with Crippen LogP contribution in [-0.4, -0.2) is 16.6 Å². The molecule has 4 nitrogen and oxygen atoms in total. The fraction of sp³-hybridized carbons (Fsp3) is 0.444. The first kappa shape index (κ1) is 16.2. The first-order chi connectivity index (χ1) is 11.1. The van der Waals surface area contributed by atoms with Crippen molar-refractivity contribution >= 4 is 21.8 Å². The lowest BCUT2D eigenvalue weighted by molar-refractivity contribution is 0.0830. The number of rotatable bonds is 4. The molecule has 0 aliphatic heterocycles. The molecule has 1 N–H and O–H groups in total. The number of benzene rings is 1. The maximum absolute atomic E-state index is 12.5. The first-order valence-electron chi connectivity index (χ1n) is 8.07. The van der Waals surface area contributed by atoms with E-state index >= 15 is 0 Å². The molecule has 3 rings (SSSR count). The standard InChI is InChI=1S/C18H21BrN2O2/c1-13-11-16(23-21-13)17(22)20-18(9-3-2-4-10-18)12-14-5-7-15(19)8-6-14/h5-8,11H,2-4,9-10,12H2,1H3,(H,20,22). The van der Waals surface area contributed by atoms with Gasteiger partial charge >= 0.3 is 0 Å². The first-order valence-corrected chi connectivity index (χ1v) is 8.86. The molecule has 2 aromatic rings. The van der Waals surface area contributed by atoms with Gasteiger partial charge < -0.3 is 9.84 Å². The van der Waals surface area contributed by atoms with Gasteiger partial charge in [-0.05, 0) is 43.9 Å². The van der Waals surface area contributed by atoms with Gasteiger partial charge in [-0.1, -0.05) is 52.5 Å². The van der Waals surface area contributed by atoms with Crippen molar-refractivity contribution in [3.8, 4) is 0 Å². The fourth-order valence-corrected chi connectivity index (χ4v) is 3.60. The molecule has 0 saturated heterocycles. The molecule has 1 saturated carbocycles. The van der Waals surface area contributed by atoms with E-state index in [2.05, 4.69) is 38.5 Å². The molecule has 1 heterocycles. The van der Waals surface area contributed by atoms with Crippen molar-refractivity contribution in [2.75, 3.05) is 0 Å². The number of carbonyl (C=O) groups excluding carboxylic acids is 1. The van der Waals surface area contributed by atoms with E-state index in [1.54, 1.807) is 6.07 Å². The molecule has 0 atom stereocenters. The van der Waals surface area contributed by atoms with Gasteiger partial charge in [0.05, 0.1) is 5.69 Å². The number of aryl methyl sites for hydroxylation is 1. The molecule has 1 aliphatic rings. The Morgan fingerprint density at radius 1 is 1.26 bits per heavy atom. The molecule has 0 radical (unpaired) electrons. The van der Waals surface area contributed by atoms with Gasteiger partial charge in [-0.15, -0.1) is 0 Å². The van der Waals surface area contributed by atoms with E-state index in [-0.39, 0.29) is 11.4 Å². The smallest absolute Gasteiger partial charge is 0.290 e. The quantitative estimate of drug-likeness (QED) is 0.858. The Morgan fingerprint density at radius 3 is 2.57 bits per heavy atom.